The standard InChI is InChI=1S/C10H19IO2/c1-9(2)7-13-10(8-11)3-5-12-6-4-10/h9H,3-8H2,1-2H3. The molecule has 3 heteroatoms. The van der Waals surface area contributed by atoms with Gasteiger partial charge in [-0.1, -0.05) is 36.4 Å². The molecule has 0 bridgehead atoms. The first-order valence-corrected chi connectivity index (χ1v) is 6.49. The highest BCUT2D eigenvalue weighted by Crippen LogP contribution is 2.27. The van der Waals surface area contributed by atoms with Gasteiger partial charge in [-0.25, -0.2) is 0 Å². The second-order valence-electron chi connectivity index (χ2n) is 4.13. The average molecular weight is 298 g/mol. The number of hydrogen-bond donors (Lipinski definition) is 0. The summed E-state index contributed by atoms with van der Waals surface area (Å²) in [6, 6.07) is 0. The van der Waals surface area contributed by atoms with Gasteiger partial charge in [-0.15, -0.1) is 0 Å². The minimum Gasteiger partial charge on any atom is -0.381 e. The van der Waals surface area contributed by atoms with Gasteiger partial charge in [0.15, 0.2) is 0 Å². The maximum absolute atomic E-state index is 5.99. The second-order valence-corrected chi connectivity index (χ2v) is 4.90. The Balaban J connectivity index is 2.38. The zero-order chi connectivity index (χ0) is 9.73. The Hall–Kier alpha value is 0.650. The van der Waals surface area contributed by atoms with E-state index in [1.54, 1.807) is 0 Å². The van der Waals surface area contributed by atoms with Crippen molar-refractivity contribution in [2.24, 2.45) is 5.92 Å². The van der Waals surface area contributed by atoms with Gasteiger partial charge in [-0.05, 0) is 5.92 Å². The molecule has 0 saturated carbocycles. The van der Waals surface area contributed by atoms with E-state index in [1.807, 2.05) is 0 Å². The topological polar surface area (TPSA) is 18.5 Å². The van der Waals surface area contributed by atoms with Gasteiger partial charge in [0.1, 0.15) is 0 Å². The maximum Gasteiger partial charge on any atom is 0.0815 e. The number of hydrogen-bond acceptors (Lipinski definition) is 2. The first-order chi connectivity index (χ1) is 6.18. The highest BCUT2D eigenvalue weighted by molar-refractivity contribution is 14.1. The molecule has 0 aromatic heterocycles. The summed E-state index contributed by atoms with van der Waals surface area (Å²) >= 11 is 2.43. The molecular weight excluding hydrogens is 279 g/mol. The quantitative estimate of drug-likeness (QED) is 0.587. The van der Waals surface area contributed by atoms with Crippen molar-refractivity contribution in [3.05, 3.63) is 0 Å². The molecule has 0 amide bonds. The van der Waals surface area contributed by atoms with Crippen LogP contribution >= 0.6 is 22.6 Å². The lowest BCUT2D eigenvalue weighted by atomic mass is 9.96. The third-order valence-corrected chi connectivity index (χ3v) is 3.76. The smallest absolute Gasteiger partial charge is 0.0815 e. The van der Waals surface area contributed by atoms with Crippen molar-refractivity contribution in [2.75, 3.05) is 24.2 Å². The fraction of sp³-hybridized carbons (Fsp3) is 1.00. The highest BCUT2D eigenvalue weighted by Gasteiger charge is 2.32. The van der Waals surface area contributed by atoms with Crippen molar-refractivity contribution in [2.45, 2.75) is 32.3 Å². The summed E-state index contributed by atoms with van der Waals surface area (Å²) in [5.74, 6) is 0.627. The Bertz CT molecular complexity index is 142. The lowest BCUT2D eigenvalue weighted by Crippen LogP contribution is -2.41. The summed E-state index contributed by atoms with van der Waals surface area (Å²) in [6.07, 6.45) is 2.12. The molecule has 13 heavy (non-hydrogen) atoms. The number of halogens is 1. The molecule has 0 N–H and O–H groups in total. The summed E-state index contributed by atoms with van der Waals surface area (Å²) in [7, 11) is 0. The van der Waals surface area contributed by atoms with Crippen LogP contribution in [0.4, 0.5) is 0 Å². The third-order valence-electron chi connectivity index (χ3n) is 2.37. The van der Waals surface area contributed by atoms with Gasteiger partial charge in [-0.2, -0.15) is 0 Å². The minimum absolute atomic E-state index is 0.114. The van der Waals surface area contributed by atoms with Crippen molar-refractivity contribution in [3.8, 4) is 0 Å². The van der Waals surface area contributed by atoms with Crippen LogP contribution in [0.2, 0.25) is 0 Å². The molecule has 0 atom stereocenters. The number of rotatable bonds is 4. The normalized spacial score (nSPS) is 22.2. The summed E-state index contributed by atoms with van der Waals surface area (Å²) in [4.78, 5) is 0. The van der Waals surface area contributed by atoms with E-state index in [0.29, 0.717) is 5.92 Å². The van der Waals surface area contributed by atoms with Crippen LogP contribution in [0, 0.1) is 5.92 Å². The summed E-state index contributed by atoms with van der Waals surface area (Å²) in [5.41, 5.74) is 0.114. The lowest BCUT2D eigenvalue weighted by Gasteiger charge is -2.36. The van der Waals surface area contributed by atoms with E-state index in [1.165, 1.54) is 0 Å². The molecule has 0 unspecified atom stereocenters. The Morgan fingerprint density at radius 1 is 1.38 bits per heavy atom. The van der Waals surface area contributed by atoms with Gasteiger partial charge < -0.3 is 9.47 Å². The first-order valence-electron chi connectivity index (χ1n) is 4.96. The van der Waals surface area contributed by atoms with Gasteiger partial charge in [0.2, 0.25) is 0 Å². The first kappa shape index (κ1) is 11.7. The molecule has 0 aliphatic carbocycles. The Morgan fingerprint density at radius 2 is 2.00 bits per heavy atom. The predicted octanol–water partition coefficient (Wildman–Crippen LogP) is 2.64. The fourth-order valence-corrected chi connectivity index (χ4v) is 2.39. The summed E-state index contributed by atoms with van der Waals surface area (Å²) < 4.78 is 12.4. The number of alkyl halides is 1. The third kappa shape index (κ3) is 3.72. The van der Waals surface area contributed by atoms with Gasteiger partial charge in [0, 0.05) is 37.1 Å². The highest BCUT2D eigenvalue weighted by atomic mass is 127. The maximum atomic E-state index is 5.99. The molecule has 2 nitrogen and oxygen atoms in total. The van der Waals surface area contributed by atoms with E-state index in [2.05, 4.69) is 36.4 Å². The van der Waals surface area contributed by atoms with E-state index in [4.69, 9.17) is 9.47 Å². The Labute approximate surface area is 94.5 Å². The van der Waals surface area contributed by atoms with Crippen LogP contribution in [0.1, 0.15) is 26.7 Å². The van der Waals surface area contributed by atoms with E-state index in [9.17, 15) is 0 Å². The van der Waals surface area contributed by atoms with Gasteiger partial charge in [0.25, 0.3) is 0 Å². The van der Waals surface area contributed by atoms with E-state index in [0.717, 1.165) is 37.1 Å². The molecule has 0 spiro atoms. The SMILES string of the molecule is CC(C)COC1(CI)CCOCC1. The molecule has 1 aliphatic heterocycles. The van der Waals surface area contributed by atoms with Crippen molar-refractivity contribution >= 4 is 22.6 Å². The zero-order valence-corrected chi connectivity index (χ0v) is 10.7. The molecule has 1 heterocycles. The molecule has 0 aromatic rings. The Morgan fingerprint density at radius 3 is 2.46 bits per heavy atom. The molecule has 1 rings (SSSR count). The zero-order valence-electron chi connectivity index (χ0n) is 8.51. The summed E-state index contributed by atoms with van der Waals surface area (Å²) in [5, 5.41) is 0. The van der Waals surface area contributed by atoms with Crippen LogP contribution in [-0.2, 0) is 9.47 Å². The van der Waals surface area contributed by atoms with Crippen LogP contribution in [-0.4, -0.2) is 29.8 Å². The minimum atomic E-state index is 0.114. The van der Waals surface area contributed by atoms with Crippen molar-refractivity contribution in [1.82, 2.24) is 0 Å². The second kappa shape index (κ2) is 5.51. The van der Waals surface area contributed by atoms with Gasteiger partial charge in [-0.3, -0.25) is 0 Å². The van der Waals surface area contributed by atoms with Crippen LogP contribution in [0.15, 0.2) is 0 Å². The lowest BCUT2D eigenvalue weighted by molar-refractivity contribution is -0.101. The molecule has 1 aliphatic rings. The van der Waals surface area contributed by atoms with Gasteiger partial charge in [0.05, 0.1) is 5.60 Å². The number of ether oxygens (including phenoxy) is 2. The molecule has 0 radical (unpaired) electrons. The van der Waals surface area contributed by atoms with Crippen molar-refractivity contribution in [1.29, 1.82) is 0 Å². The van der Waals surface area contributed by atoms with Gasteiger partial charge >= 0.3 is 0 Å². The monoisotopic (exact) mass is 298 g/mol. The van der Waals surface area contributed by atoms with Crippen LogP contribution < -0.4 is 0 Å². The van der Waals surface area contributed by atoms with Crippen molar-refractivity contribution in [3.63, 3.8) is 0 Å². The molecule has 1 saturated heterocycles. The fourth-order valence-electron chi connectivity index (χ4n) is 1.40. The largest absolute Gasteiger partial charge is 0.381 e. The summed E-state index contributed by atoms with van der Waals surface area (Å²) in [6.45, 7) is 6.99. The van der Waals surface area contributed by atoms with E-state index < -0.39 is 0 Å². The van der Waals surface area contributed by atoms with E-state index in [-0.39, 0.29) is 5.60 Å². The predicted molar refractivity (Wildman–Crippen MR) is 62.5 cm³/mol. The molecule has 1 fully saturated rings. The molecule has 78 valence electrons. The Kier molecular flexibility index (Phi) is 4.97. The van der Waals surface area contributed by atoms with Crippen LogP contribution in [0.5, 0.6) is 0 Å². The van der Waals surface area contributed by atoms with Crippen molar-refractivity contribution < 1.29 is 9.47 Å². The molecular formula is C10H19IO2. The average Bonchev–Trinajstić information content (AvgIpc) is 2.16. The van der Waals surface area contributed by atoms with E-state index >= 15 is 0 Å². The van der Waals surface area contributed by atoms with Crippen LogP contribution in [0.3, 0.4) is 0 Å². The van der Waals surface area contributed by atoms with Crippen LogP contribution in [0.25, 0.3) is 0 Å². The molecule has 0 aromatic carbocycles.